The number of carbonyl (C=O) groups is 3. The highest BCUT2D eigenvalue weighted by Crippen LogP contribution is 2.45. The SMILES string of the molecule is COC(=O)c1ccc(C2C3=C(CN(C(C)=O)C3=O)Nc3cccc4[nH]cc2c34)cc1. The van der Waals surface area contributed by atoms with E-state index in [0.29, 0.717) is 11.1 Å². The van der Waals surface area contributed by atoms with Gasteiger partial charge in [0.25, 0.3) is 5.91 Å². The summed E-state index contributed by atoms with van der Waals surface area (Å²) in [6.45, 7) is 1.61. The number of nitrogens with one attached hydrogen (secondary N) is 2. The predicted octanol–water partition coefficient (Wildman–Crippen LogP) is 3.15. The lowest BCUT2D eigenvalue weighted by atomic mass is 9.84. The van der Waals surface area contributed by atoms with Crippen molar-refractivity contribution in [1.82, 2.24) is 9.88 Å². The first-order chi connectivity index (χ1) is 14.5. The molecule has 0 radical (unpaired) electrons. The van der Waals surface area contributed by atoms with Crippen LogP contribution in [0.2, 0.25) is 0 Å². The van der Waals surface area contributed by atoms with Crippen LogP contribution < -0.4 is 5.32 Å². The third-order valence-electron chi connectivity index (χ3n) is 5.78. The average Bonchev–Trinajstić information content (AvgIpc) is 3.27. The number of carbonyl (C=O) groups excluding carboxylic acids is 3. The summed E-state index contributed by atoms with van der Waals surface area (Å²) in [5.74, 6) is -1.39. The van der Waals surface area contributed by atoms with Crippen LogP contribution >= 0.6 is 0 Å². The number of amides is 2. The van der Waals surface area contributed by atoms with Gasteiger partial charge in [0.1, 0.15) is 0 Å². The molecule has 1 aromatic heterocycles. The summed E-state index contributed by atoms with van der Waals surface area (Å²) in [6.07, 6.45) is 1.91. The Morgan fingerprint density at radius 3 is 2.60 bits per heavy atom. The zero-order valence-corrected chi connectivity index (χ0v) is 16.5. The highest BCUT2D eigenvalue weighted by molar-refractivity contribution is 6.11. The molecule has 0 spiro atoms. The van der Waals surface area contributed by atoms with Gasteiger partial charge in [-0.15, -0.1) is 0 Å². The van der Waals surface area contributed by atoms with Crippen molar-refractivity contribution in [3.8, 4) is 0 Å². The normalized spacial score (nSPS) is 17.6. The predicted molar refractivity (Wildman–Crippen MR) is 111 cm³/mol. The average molecular weight is 401 g/mol. The van der Waals surface area contributed by atoms with Crippen molar-refractivity contribution in [3.63, 3.8) is 0 Å². The summed E-state index contributed by atoms with van der Waals surface area (Å²) in [5.41, 5.74) is 5.36. The molecule has 3 heterocycles. The molecule has 2 aliphatic rings. The molecule has 150 valence electrons. The van der Waals surface area contributed by atoms with Crippen molar-refractivity contribution in [1.29, 1.82) is 0 Å². The van der Waals surface area contributed by atoms with Gasteiger partial charge in [0.15, 0.2) is 0 Å². The summed E-state index contributed by atoms with van der Waals surface area (Å²) in [4.78, 5) is 41.7. The van der Waals surface area contributed by atoms with Crippen LogP contribution in [0.3, 0.4) is 0 Å². The number of ether oxygens (including phenoxy) is 1. The number of imide groups is 1. The maximum Gasteiger partial charge on any atom is 0.337 e. The van der Waals surface area contributed by atoms with E-state index in [0.717, 1.165) is 33.4 Å². The van der Waals surface area contributed by atoms with Gasteiger partial charge in [0.2, 0.25) is 5.91 Å². The summed E-state index contributed by atoms with van der Waals surface area (Å²) in [6, 6.07) is 12.9. The monoisotopic (exact) mass is 401 g/mol. The number of hydrogen-bond acceptors (Lipinski definition) is 5. The minimum absolute atomic E-state index is 0.213. The smallest absolute Gasteiger partial charge is 0.337 e. The Labute approximate surface area is 172 Å². The first kappa shape index (κ1) is 18.2. The van der Waals surface area contributed by atoms with Crippen LogP contribution in [0, 0.1) is 0 Å². The van der Waals surface area contributed by atoms with Crippen LogP contribution in [0.1, 0.15) is 34.3 Å². The van der Waals surface area contributed by atoms with Crippen molar-refractivity contribution in [3.05, 3.63) is 76.6 Å². The zero-order valence-electron chi connectivity index (χ0n) is 16.5. The molecule has 30 heavy (non-hydrogen) atoms. The molecule has 1 unspecified atom stereocenters. The van der Waals surface area contributed by atoms with E-state index in [4.69, 9.17) is 4.74 Å². The van der Waals surface area contributed by atoms with Crippen molar-refractivity contribution in [2.45, 2.75) is 12.8 Å². The Morgan fingerprint density at radius 1 is 1.13 bits per heavy atom. The van der Waals surface area contributed by atoms with Crippen molar-refractivity contribution in [2.75, 3.05) is 19.0 Å². The molecule has 0 fully saturated rings. The first-order valence-corrected chi connectivity index (χ1v) is 9.60. The summed E-state index contributed by atoms with van der Waals surface area (Å²) in [5, 5.41) is 4.41. The number of benzene rings is 2. The lowest BCUT2D eigenvalue weighted by Gasteiger charge is -2.19. The highest BCUT2D eigenvalue weighted by atomic mass is 16.5. The summed E-state index contributed by atoms with van der Waals surface area (Å²) in [7, 11) is 1.34. The fourth-order valence-electron chi connectivity index (χ4n) is 4.39. The molecule has 2 amide bonds. The van der Waals surface area contributed by atoms with E-state index < -0.39 is 5.97 Å². The van der Waals surface area contributed by atoms with E-state index in [1.165, 1.54) is 18.9 Å². The van der Waals surface area contributed by atoms with Crippen molar-refractivity contribution < 1.29 is 19.1 Å². The van der Waals surface area contributed by atoms with Gasteiger partial charge >= 0.3 is 5.97 Å². The maximum atomic E-state index is 13.3. The molecular weight excluding hydrogens is 382 g/mol. The number of rotatable bonds is 2. The van der Waals surface area contributed by atoms with E-state index in [1.54, 1.807) is 12.1 Å². The van der Waals surface area contributed by atoms with E-state index in [1.807, 2.05) is 36.5 Å². The van der Waals surface area contributed by atoms with E-state index >= 15 is 0 Å². The number of aromatic nitrogens is 1. The molecule has 0 bridgehead atoms. The third kappa shape index (κ3) is 2.55. The van der Waals surface area contributed by atoms with Crippen LogP contribution in [0.15, 0.2) is 59.9 Å². The molecule has 7 nitrogen and oxygen atoms in total. The number of hydrogen-bond donors (Lipinski definition) is 2. The Hall–Kier alpha value is -3.87. The largest absolute Gasteiger partial charge is 0.465 e. The van der Waals surface area contributed by atoms with Gasteiger partial charge in [-0.1, -0.05) is 18.2 Å². The maximum absolute atomic E-state index is 13.3. The Bertz CT molecular complexity index is 1250. The minimum atomic E-state index is -0.418. The Kier molecular flexibility index (Phi) is 3.99. The number of nitrogens with zero attached hydrogens (tertiary/aromatic N) is 1. The molecular formula is C23H19N3O4. The molecule has 2 N–H and O–H groups in total. The van der Waals surface area contributed by atoms with Gasteiger partial charge in [0.05, 0.1) is 24.8 Å². The van der Waals surface area contributed by atoms with Crippen LogP contribution in [0.5, 0.6) is 0 Å². The molecule has 2 aromatic carbocycles. The number of esters is 1. The molecule has 1 atom stereocenters. The molecule has 0 saturated carbocycles. The highest BCUT2D eigenvalue weighted by Gasteiger charge is 2.41. The zero-order chi connectivity index (χ0) is 21.0. The van der Waals surface area contributed by atoms with Gasteiger partial charge < -0.3 is 15.0 Å². The second-order valence-electron chi connectivity index (χ2n) is 7.45. The van der Waals surface area contributed by atoms with Gasteiger partial charge in [-0.05, 0) is 35.4 Å². The van der Waals surface area contributed by atoms with E-state index in [2.05, 4.69) is 10.3 Å². The van der Waals surface area contributed by atoms with E-state index in [-0.39, 0.29) is 24.3 Å². The molecule has 0 saturated heterocycles. The van der Waals surface area contributed by atoms with Crippen LogP contribution in [0.25, 0.3) is 10.9 Å². The molecule has 7 heteroatoms. The Balaban J connectivity index is 1.72. The number of methoxy groups -OCH3 is 1. The Morgan fingerprint density at radius 2 is 1.90 bits per heavy atom. The standard InChI is InChI=1S/C23H19N3O4/c1-12(27)26-11-18-21(22(26)28)19(13-6-8-14(9-7-13)23(29)30-2)15-10-24-16-4-3-5-17(25-18)20(15)16/h3-10,19,24-25H,11H2,1-2H3. The van der Waals surface area contributed by atoms with Gasteiger partial charge in [0, 0.05) is 41.3 Å². The van der Waals surface area contributed by atoms with Crippen molar-refractivity contribution >= 4 is 34.4 Å². The third-order valence-corrected chi connectivity index (χ3v) is 5.78. The number of aromatic amines is 1. The lowest BCUT2D eigenvalue weighted by molar-refractivity contribution is -0.139. The second kappa shape index (κ2) is 6.59. The van der Waals surface area contributed by atoms with Gasteiger partial charge in [-0.3, -0.25) is 14.5 Å². The number of H-pyrrole nitrogens is 1. The molecule has 0 aliphatic carbocycles. The lowest BCUT2D eigenvalue weighted by Crippen LogP contribution is -2.33. The molecule has 5 rings (SSSR count). The fraction of sp³-hybridized carbons (Fsp3) is 0.174. The fourth-order valence-corrected chi connectivity index (χ4v) is 4.39. The second-order valence-corrected chi connectivity index (χ2v) is 7.45. The van der Waals surface area contributed by atoms with E-state index in [9.17, 15) is 14.4 Å². The van der Waals surface area contributed by atoms with Crippen molar-refractivity contribution in [2.24, 2.45) is 0 Å². The van der Waals surface area contributed by atoms with Crippen LogP contribution in [-0.2, 0) is 14.3 Å². The van der Waals surface area contributed by atoms with Crippen LogP contribution in [-0.4, -0.2) is 41.3 Å². The minimum Gasteiger partial charge on any atom is -0.465 e. The van der Waals surface area contributed by atoms with Gasteiger partial charge in [-0.2, -0.15) is 0 Å². The molecule has 3 aromatic rings. The molecule has 2 aliphatic heterocycles. The topological polar surface area (TPSA) is 91.5 Å². The summed E-state index contributed by atoms with van der Waals surface area (Å²) < 4.78 is 4.79. The quantitative estimate of drug-likeness (QED) is 0.644. The number of anilines is 1. The summed E-state index contributed by atoms with van der Waals surface area (Å²) >= 11 is 0. The van der Waals surface area contributed by atoms with Crippen LogP contribution in [0.4, 0.5) is 5.69 Å². The first-order valence-electron chi connectivity index (χ1n) is 9.60. The van der Waals surface area contributed by atoms with Gasteiger partial charge in [-0.25, -0.2) is 4.79 Å².